The van der Waals surface area contributed by atoms with Crippen LogP contribution in [0.3, 0.4) is 0 Å². The average molecular weight is 591 g/mol. The molecule has 42 heavy (non-hydrogen) atoms. The van der Waals surface area contributed by atoms with Crippen molar-refractivity contribution in [3.63, 3.8) is 0 Å². The Kier molecular flexibility index (Phi) is 6.78. The van der Waals surface area contributed by atoms with Gasteiger partial charge < -0.3 is 29.4 Å². The molecule has 218 valence electrons. The van der Waals surface area contributed by atoms with Crippen LogP contribution in [0.4, 0.5) is 4.79 Å². The van der Waals surface area contributed by atoms with Gasteiger partial charge >= 0.3 is 6.09 Å². The largest absolute Gasteiger partial charge is 0.491 e. The molecule has 0 spiro atoms. The van der Waals surface area contributed by atoms with E-state index in [1.165, 1.54) is 23.1 Å². The van der Waals surface area contributed by atoms with Crippen molar-refractivity contribution in [1.82, 2.24) is 28.7 Å². The Morgan fingerprint density at radius 3 is 2.52 bits per heavy atom. The van der Waals surface area contributed by atoms with Gasteiger partial charge in [-0.25, -0.2) is 27.2 Å². The Morgan fingerprint density at radius 2 is 1.86 bits per heavy atom. The highest BCUT2D eigenvalue weighted by atomic mass is 32.2. The number of nitrogens with zero attached hydrogens (tertiary/aromatic N) is 5. The van der Waals surface area contributed by atoms with E-state index in [9.17, 15) is 13.2 Å². The molecule has 1 saturated heterocycles. The number of amides is 1. The number of carbonyl (C=O) groups is 1. The van der Waals surface area contributed by atoms with Gasteiger partial charge in [0, 0.05) is 62.1 Å². The van der Waals surface area contributed by atoms with Crippen LogP contribution in [0.25, 0.3) is 33.3 Å². The second-order valence-electron chi connectivity index (χ2n) is 10.3. The Labute approximate surface area is 242 Å². The lowest BCUT2D eigenvalue weighted by Gasteiger charge is -2.37. The molecule has 1 amide bonds. The fraction of sp³-hybridized carbons (Fsp3) is 0.276. The van der Waals surface area contributed by atoms with Crippen LogP contribution in [0, 0.1) is 6.92 Å². The molecule has 4 aromatic heterocycles. The minimum absolute atomic E-state index is 0.00637. The molecule has 0 bridgehead atoms. The summed E-state index contributed by atoms with van der Waals surface area (Å²) in [6.45, 7) is 3.09. The third-order valence-corrected chi connectivity index (χ3v) is 9.34. The number of hydrogen-bond donors (Lipinski definition) is 2. The van der Waals surface area contributed by atoms with Gasteiger partial charge in [0.2, 0.25) is 0 Å². The van der Waals surface area contributed by atoms with E-state index in [2.05, 4.69) is 10.3 Å². The van der Waals surface area contributed by atoms with Gasteiger partial charge in [0.05, 0.1) is 30.3 Å². The van der Waals surface area contributed by atoms with Gasteiger partial charge in [-0.1, -0.05) is 17.7 Å². The van der Waals surface area contributed by atoms with Crippen LogP contribution < -0.4 is 14.8 Å². The van der Waals surface area contributed by atoms with E-state index in [1.54, 1.807) is 36.5 Å². The lowest BCUT2D eigenvalue weighted by molar-refractivity contribution is 0.0956. The molecule has 12 nitrogen and oxygen atoms in total. The maximum absolute atomic E-state index is 14.3. The first-order valence-electron chi connectivity index (χ1n) is 13.2. The van der Waals surface area contributed by atoms with E-state index in [0.717, 1.165) is 16.6 Å². The first-order chi connectivity index (χ1) is 20.1. The van der Waals surface area contributed by atoms with Crippen LogP contribution in [0.5, 0.6) is 11.6 Å². The zero-order valence-electron chi connectivity index (χ0n) is 23.5. The maximum Gasteiger partial charge on any atom is 0.407 e. The summed E-state index contributed by atoms with van der Waals surface area (Å²) < 4.78 is 42.6. The summed E-state index contributed by atoms with van der Waals surface area (Å²) in [6.07, 6.45) is 2.48. The molecule has 0 unspecified atom stereocenters. The Balaban J connectivity index is 1.54. The van der Waals surface area contributed by atoms with Gasteiger partial charge in [0.1, 0.15) is 5.52 Å². The molecule has 1 aliphatic heterocycles. The van der Waals surface area contributed by atoms with Crippen molar-refractivity contribution in [3.8, 4) is 22.9 Å². The number of likely N-dealkylation sites (tertiary alicyclic amines) is 1. The Hall–Kier alpha value is -4.62. The first kappa shape index (κ1) is 27.5. The van der Waals surface area contributed by atoms with Crippen LogP contribution in [0.1, 0.15) is 11.1 Å². The second-order valence-corrected chi connectivity index (χ2v) is 12.1. The zero-order valence-corrected chi connectivity index (χ0v) is 24.3. The number of aromatic nitrogens is 4. The van der Waals surface area contributed by atoms with Crippen molar-refractivity contribution in [1.29, 1.82) is 0 Å². The normalized spacial score (nSPS) is 14.0. The zero-order chi connectivity index (χ0) is 29.8. The predicted molar refractivity (Wildman–Crippen MR) is 157 cm³/mol. The van der Waals surface area contributed by atoms with Gasteiger partial charge in [0.25, 0.3) is 15.9 Å². The lowest BCUT2D eigenvalue weighted by Crippen LogP contribution is -2.59. The summed E-state index contributed by atoms with van der Waals surface area (Å²) in [5.41, 5.74) is 4.31. The molecule has 5 aromatic rings. The molecule has 2 N–H and O–H groups in total. The number of pyridine rings is 2. The number of rotatable bonds is 8. The lowest BCUT2D eigenvalue weighted by atomic mass is 10.1. The first-order valence-corrected chi connectivity index (χ1v) is 14.7. The van der Waals surface area contributed by atoms with Crippen LogP contribution >= 0.6 is 0 Å². The van der Waals surface area contributed by atoms with Crippen LogP contribution in [-0.4, -0.2) is 76.4 Å². The quantitative estimate of drug-likeness (QED) is 0.277. The molecule has 1 fully saturated rings. The van der Waals surface area contributed by atoms with E-state index in [4.69, 9.17) is 19.6 Å². The molecular weight excluding hydrogens is 560 g/mol. The molecule has 6 rings (SSSR count). The smallest absolute Gasteiger partial charge is 0.407 e. The van der Waals surface area contributed by atoms with E-state index >= 15 is 0 Å². The minimum atomic E-state index is -4.10. The number of methoxy groups -OCH3 is 2. The van der Waals surface area contributed by atoms with Gasteiger partial charge in [-0.15, -0.1) is 0 Å². The monoisotopic (exact) mass is 590 g/mol. The SMILES string of the molecule is COc1cc2c(nc1OC)c(-c1cc3c(CNC4CN(C(=O)O)C4)ccnc3n1S(=O)(=O)c1ccc(C)cc1)cn2C. The van der Waals surface area contributed by atoms with E-state index in [-0.39, 0.29) is 22.5 Å². The summed E-state index contributed by atoms with van der Waals surface area (Å²) in [5.74, 6) is 0.735. The molecule has 0 saturated carbocycles. The summed E-state index contributed by atoms with van der Waals surface area (Å²) in [5, 5.41) is 13.2. The van der Waals surface area contributed by atoms with Crippen molar-refractivity contribution in [3.05, 3.63) is 66.0 Å². The van der Waals surface area contributed by atoms with Crippen molar-refractivity contribution in [2.24, 2.45) is 7.05 Å². The van der Waals surface area contributed by atoms with Crippen LogP contribution in [-0.2, 0) is 23.6 Å². The molecule has 1 aromatic carbocycles. The fourth-order valence-electron chi connectivity index (χ4n) is 5.29. The second kappa shape index (κ2) is 10.3. The molecule has 13 heteroatoms. The minimum Gasteiger partial charge on any atom is -0.491 e. The molecule has 1 aliphatic rings. The molecule has 0 aliphatic carbocycles. The van der Waals surface area contributed by atoms with E-state index in [1.807, 2.05) is 36.9 Å². The van der Waals surface area contributed by atoms with Gasteiger partial charge in [-0.05, 0) is 36.8 Å². The van der Waals surface area contributed by atoms with Crippen molar-refractivity contribution in [2.75, 3.05) is 27.3 Å². The van der Waals surface area contributed by atoms with Crippen molar-refractivity contribution < 1.29 is 27.8 Å². The van der Waals surface area contributed by atoms with Gasteiger partial charge in [-0.2, -0.15) is 0 Å². The summed E-state index contributed by atoms with van der Waals surface area (Å²) in [4.78, 5) is 21.9. The Bertz CT molecular complexity index is 1940. The molecular formula is C29H30N6O6S. The highest BCUT2D eigenvalue weighted by molar-refractivity contribution is 7.90. The summed E-state index contributed by atoms with van der Waals surface area (Å²) in [7, 11) is 0.792. The van der Waals surface area contributed by atoms with Crippen molar-refractivity contribution >= 4 is 38.2 Å². The molecule has 0 atom stereocenters. The average Bonchev–Trinajstić information content (AvgIpc) is 3.49. The van der Waals surface area contributed by atoms with Crippen molar-refractivity contribution in [2.45, 2.75) is 24.4 Å². The van der Waals surface area contributed by atoms with Crippen LogP contribution in [0.15, 0.2) is 59.8 Å². The highest BCUT2D eigenvalue weighted by Crippen LogP contribution is 2.39. The summed E-state index contributed by atoms with van der Waals surface area (Å²) in [6, 6.07) is 12.2. The number of carboxylic acid groups (broad SMARTS) is 1. The Morgan fingerprint density at radius 1 is 1.12 bits per heavy atom. The summed E-state index contributed by atoms with van der Waals surface area (Å²) >= 11 is 0. The van der Waals surface area contributed by atoms with Gasteiger partial charge in [-0.3, -0.25) is 0 Å². The third-order valence-electron chi connectivity index (χ3n) is 7.63. The molecule has 5 heterocycles. The predicted octanol–water partition coefficient (Wildman–Crippen LogP) is 3.60. The standard InChI is InChI=1S/C29H30N6O6S/c1-17-5-7-20(8-6-17)42(38,39)35-23(22-16-33(2)24-12-25(40-3)28(41-4)32-26(22)24)11-21-18(9-10-30-27(21)35)13-31-19-14-34(15-19)29(36)37/h5-12,16,19,31H,13-15H2,1-4H3,(H,36,37). The fourth-order valence-corrected chi connectivity index (χ4v) is 6.76. The number of fused-ring (bicyclic) bond motifs is 2. The van der Waals surface area contributed by atoms with Gasteiger partial charge in [0.15, 0.2) is 11.4 Å². The van der Waals surface area contributed by atoms with Crippen LogP contribution in [0.2, 0.25) is 0 Å². The topological polar surface area (TPSA) is 141 Å². The van der Waals surface area contributed by atoms with E-state index in [0.29, 0.717) is 47.5 Å². The molecule has 0 radical (unpaired) electrons. The number of ether oxygens (including phenoxy) is 2. The maximum atomic E-state index is 14.3. The highest BCUT2D eigenvalue weighted by Gasteiger charge is 2.31. The van der Waals surface area contributed by atoms with E-state index < -0.39 is 16.1 Å². The number of nitrogens with one attached hydrogen (secondary N) is 1. The number of aryl methyl sites for hydroxylation is 2. The number of hydrogen-bond acceptors (Lipinski definition) is 8. The number of benzene rings is 1. The third kappa shape index (κ3) is 4.50.